The summed E-state index contributed by atoms with van der Waals surface area (Å²) >= 11 is 0. The summed E-state index contributed by atoms with van der Waals surface area (Å²) in [7, 11) is 0. The van der Waals surface area contributed by atoms with E-state index < -0.39 is 0 Å². The molecular formula is C22H26N4O2. The van der Waals surface area contributed by atoms with Crippen molar-refractivity contribution < 1.29 is 9.59 Å². The van der Waals surface area contributed by atoms with E-state index in [1.54, 1.807) is 4.90 Å². The molecule has 4 rings (SSSR count). The second-order valence-corrected chi connectivity index (χ2v) is 7.30. The van der Waals surface area contributed by atoms with Crippen molar-refractivity contribution >= 4 is 29.0 Å². The summed E-state index contributed by atoms with van der Waals surface area (Å²) in [6.45, 7) is 3.12. The Balaban J connectivity index is 1.29. The number of hydrogen-bond acceptors (Lipinski definition) is 3. The number of carbonyl (C=O) groups excluding carboxylic acids is 2. The molecule has 28 heavy (non-hydrogen) atoms. The molecule has 0 saturated carbocycles. The molecule has 2 aliphatic rings. The standard InChI is InChI=1S/C22H26N4O2/c27-21-11-5-14-26(21)19-9-3-8-18(16-19)24-22(28)23-12-15-25-13-4-7-17-6-1-2-10-20(17)25/h1-3,6,8-10,16H,4-5,7,11-15H2,(H2,23,24,28). The lowest BCUT2D eigenvalue weighted by molar-refractivity contribution is -0.117. The lowest BCUT2D eigenvalue weighted by Crippen LogP contribution is -2.39. The van der Waals surface area contributed by atoms with Crippen molar-refractivity contribution in [3.8, 4) is 0 Å². The number of para-hydroxylation sites is 1. The van der Waals surface area contributed by atoms with Gasteiger partial charge in [0.25, 0.3) is 0 Å². The number of fused-ring (bicyclic) bond motifs is 1. The summed E-state index contributed by atoms with van der Waals surface area (Å²) in [4.78, 5) is 28.3. The van der Waals surface area contributed by atoms with E-state index >= 15 is 0 Å². The van der Waals surface area contributed by atoms with E-state index in [9.17, 15) is 9.59 Å². The quantitative estimate of drug-likeness (QED) is 0.838. The van der Waals surface area contributed by atoms with Gasteiger partial charge in [0.05, 0.1) is 0 Å². The number of amides is 3. The number of anilines is 3. The molecule has 2 aromatic carbocycles. The van der Waals surface area contributed by atoms with Crippen LogP contribution in [0, 0.1) is 0 Å². The minimum atomic E-state index is -0.227. The highest BCUT2D eigenvalue weighted by Crippen LogP contribution is 2.26. The Bertz CT molecular complexity index is 867. The van der Waals surface area contributed by atoms with Crippen molar-refractivity contribution in [2.24, 2.45) is 0 Å². The largest absolute Gasteiger partial charge is 0.370 e. The molecule has 146 valence electrons. The number of urea groups is 1. The first kappa shape index (κ1) is 18.3. The maximum Gasteiger partial charge on any atom is 0.319 e. The van der Waals surface area contributed by atoms with Gasteiger partial charge in [-0.2, -0.15) is 0 Å². The monoisotopic (exact) mass is 378 g/mol. The van der Waals surface area contributed by atoms with Crippen LogP contribution in [0.3, 0.4) is 0 Å². The summed E-state index contributed by atoms with van der Waals surface area (Å²) < 4.78 is 0. The second kappa shape index (κ2) is 8.33. The fourth-order valence-corrected chi connectivity index (χ4v) is 4.00. The molecular weight excluding hydrogens is 352 g/mol. The smallest absolute Gasteiger partial charge is 0.319 e. The van der Waals surface area contributed by atoms with E-state index in [1.807, 2.05) is 24.3 Å². The van der Waals surface area contributed by atoms with Crippen LogP contribution < -0.4 is 20.4 Å². The topological polar surface area (TPSA) is 64.7 Å². The normalized spacial score (nSPS) is 16.1. The minimum absolute atomic E-state index is 0.142. The number of rotatable bonds is 5. The first-order valence-corrected chi connectivity index (χ1v) is 9.99. The summed E-state index contributed by atoms with van der Waals surface area (Å²) in [5, 5.41) is 5.81. The molecule has 2 aliphatic heterocycles. The summed E-state index contributed by atoms with van der Waals surface area (Å²) in [6.07, 6.45) is 3.75. The predicted octanol–water partition coefficient (Wildman–Crippen LogP) is 3.39. The second-order valence-electron chi connectivity index (χ2n) is 7.30. The van der Waals surface area contributed by atoms with Gasteiger partial charge in [0, 0.05) is 49.7 Å². The zero-order valence-corrected chi connectivity index (χ0v) is 16.0. The van der Waals surface area contributed by atoms with Crippen LogP contribution in [-0.2, 0) is 11.2 Å². The number of carbonyl (C=O) groups is 2. The van der Waals surface area contributed by atoms with Crippen LogP contribution in [0.2, 0.25) is 0 Å². The van der Waals surface area contributed by atoms with Crippen LogP contribution in [0.5, 0.6) is 0 Å². The summed E-state index contributed by atoms with van der Waals surface area (Å²) in [5.74, 6) is 0.142. The molecule has 0 atom stereocenters. The van der Waals surface area contributed by atoms with E-state index in [1.165, 1.54) is 11.3 Å². The Labute approximate surface area is 165 Å². The SMILES string of the molecule is O=C(NCCN1CCCc2ccccc21)Nc1cccc(N2CCCC2=O)c1. The molecule has 6 nitrogen and oxygen atoms in total. The molecule has 1 fully saturated rings. The van der Waals surface area contributed by atoms with Crippen LogP contribution in [0.1, 0.15) is 24.8 Å². The molecule has 0 spiro atoms. The highest BCUT2D eigenvalue weighted by atomic mass is 16.2. The highest BCUT2D eigenvalue weighted by Gasteiger charge is 2.22. The van der Waals surface area contributed by atoms with Crippen LogP contribution in [0.25, 0.3) is 0 Å². The third kappa shape index (κ3) is 4.11. The molecule has 1 saturated heterocycles. The fraction of sp³-hybridized carbons (Fsp3) is 0.364. The Morgan fingerprint density at radius 2 is 1.86 bits per heavy atom. The zero-order chi connectivity index (χ0) is 19.3. The van der Waals surface area contributed by atoms with Crippen molar-refractivity contribution in [2.45, 2.75) is 25.7 Å². The Morgan fingerprint density at radius 1 is 1.00 bits per heavy atom. The molecule has 2 aromatic rings. The van der Waals surface area contributed by atoms with Gasteiger partial charge in [-0.1, -0.05) is 24.3 Å². The summed E-state index contributed by atoms with van der Waals surface area (Å²) in [6, 6.07) is 15.7. The Kier molecular flexibility index (Phi) is 5.46. The third-order valence-corrected chi connectivity index (χ3v) is 5.36. The van der Waals surface area contributed by atoms with Gasteiger partial charge in [0.2, 0.25) is 5.91 Å². The van der Waals surface area contributed by atoms with Crippen molar-refractivity contribution in [3.05, 3.63) is 54.1 Å². The van der Waals surface area contributed by atoms with Gasteiger partial charge in [-0.25, -0.2) is 4.79 Å². The average Bonchev–Trinajstić information content (AvgIpc) is 3.14. The van der Waals surface area contributed by atoms with Gasteiger partial charge >= 0.3 is 6.03 Å². The van der Waals surface area contributed by atoms with Crippen LogP contribution in [0.4, 0.5) is 21.9 Å². The predicted molar refractivity (Wildman–Crippen MR) is 112 cm³/mol. The molecule has 0 aromatic heterocycles. The summed E-state index contributed by atoms with van der Waals surface area (Å²) in [5.41, 5.74) is 4.19. The zero-order valence-electron chi connectivity index (χ0n) is 16.0. The van der Waals surface area contributed by atoms with E-state index in [0.29, 0.717) is 18.7 Å². The van der Waals surface area contributed by atoms with Crippen LogP contribution >= 0.6 is 0 Å². The van der Waals surface area contributed by atoms with Gasteiger partial charge in [0.1, 0.15) is 0 Å². The van der Waals surface area contributed by atoms with Gasteiger partial charge in [-0.3, -0.25) is 4.79 Å². The lowest BCUT2D eigenvalue weighted by atomic mass is 10.0. The van der Waals surface area contributed by atoms with E-state index in [2.05, 4.69) is 39.8 Å². The van der Waals surface area contributed by atoms with Crippen LogP contribution in [-0.4, -0.2) is 38.1 Å². The number of nitrogens with one attached hydrogen (secondary N) is 2. The van der Waals surface area contributed by atoms with E-state index in [0.717, 1.165) is 44.6 Å². The molecule has 2 heterocycles. The number of benzene rings is 2. The van der Waals surface area contributed by atoms with E-state index in [4.69, 9.17) is 0 Å². The van der Waals surface area contributed by atoms with E-state index in [-0.39, 0.29) is 11.9 Å². The fourth-order valence-electron chi connectivity index (χ4n) is 4.00. The number of aryl methyl sites for hydroxylation is 1. The molecule has 0 bridgehead atoms. The van der Waals surface area contributed by atoms with Gasteiger partial charge in [-0.15, -0.1) is 0 Å². The van der Waals surface area contributed by atoms with Crippen LogP contribution in [0.15, 0.2) is 48.5 Å². The maximum absolute atomic E-state index is 12.3. The maximum atomic E-state index is 12.3. The highest BCUT2D eigenvalue weighted by molar-refractivity contribution is 5.96. The van der Waals surface area contributed by atoms with Gasteiger partial charge in [-0.05, 0) is 49.1 Å². The van der Waals surface area contributed by atoms with Crippen molar-refractivity contribution in [3.63, 3.8) is 0 Å². The minimum Gasteiger partial charge on any atom is -0.370 e. The van der Waals surface area contributed by atoms with Crippen molar-refractivity contribution in [1.29, 1.82) is 0 Å². The van der Waals surface area contributed by atoms with Gasteiger partial charge in [0.15, 0.2) is 0 Å². The Hall–Kier alpha value is -3.02. The number of nitrogens with zero attached hydrogens (tertiary/aromatic N) is 2. The number of hydrogen-bond donors (Lipinski definition) is 2. The molecule has 0 aliphatic carbocycles. The van der Waals surface area contributed by atoms with Crippen molar-refractivity contribution in [1.82, 2.24) is 5.32 Å². The third-order valence-electron chi connectivity index (χ3n) is 5.36. The van der Waals surface area contributed by atoms with Gasteiger partial charge < -0.3 is 20.4 Å². The lowest BCUT2D eigenvalue weighted by Gasteiger charge is -2.31. The van der Waals surface area contributed by atoms with Crippen molar-refractivity contribution in [2.75, 3.05) is 41.3 Å². The first-order chi connectivity index (χ1) is 13.7. The molecule has 2 N–H and O–H groups in total. The Morgan fingerprint density at radius 3 is 2.71 bits per heavy atom. The first-order valence-electron chi connectivity index (χ1n) is 9.99. The molecule has 0 radical (unpaired) electrons. The molecule has 0 unspecified atom stereocenters. The average molecular weight is 378 g/mol. The molecule has 6 heteroatoms. The molecule has 3 amide bonds.